The summed E-state index contributed by atoms with van der Waals surface area (Å²) in [6, 6.07) is 11.4. The summed E-state index contributed by atoms with van der Waals surface area (Å²) >= 11 is 5.63. The van der Waals surface area contributed by atoms with Crippen molar-refractivity contribution in [1.82, 2.24) is 9.97 Å². The van der Waals surface area contributed by atoms with Gasteiger partial charge in [0.05, 0.1) is 15.9 Å². The van der Waals surface area contributed by atoms with Crippen LogP contribution in [0.5, 0.6) is 11.6 Å². The summed E-state index contributed by atoms with van der Waals surface area (Å²) in [5.74, 6) is 0.0913. The number of nitrogen functional groups attached to an aromatic ring is 1. The molecule has 0 bridgehead atoms. The van der Waals surface area contributed by atoms with Crippen LogP contribution in [0.4, 0.5) is 10.3 Å². The molecular weight excluding hydrogens is 281 g/mol. The van der Waals surface area contributed by atoms with E-state index in [9.17, 15) is 4.39 Å². The number of hydrogen-bond donors (Lipinski definition) is 1. The highest BCUT2D eigenvalue weighted by atomic mass is 35.5. The van der Waals surface area contributed by atoms with Gasteiger partial charge in [-0.2, -0.15) is 4.98 Å². The Bertz CT molecular complexity index is 794. The Hall–Kier alpha value is -2.40. The third kappa shape index (κ3) is 2.35. The molecule has 0 amide bonds. The lowest BCUT2D eigenvalue weighted by molar-refractivity contribution is 0.464. The van der Waals surface area contributed by atoms with Crippen molar-refractivity contribution in [3.63, 3.8) is 0 Å². The SMILES string of the molecule is Nc1nc(Oc2ccc(Cl)c(F)c2)c2ccccc2n1. The summed E-state index contributed by atoms with van der Waals surface area (Å²) in [4.78, 5) is 8.14. The summed E-state index contributed by atoms with van der Waals surface area (Å²) in [5, 5.41) is 0.724. The van der Waals surface area contributed by atoms with E-state index in [-0.39, 0.29) is 22.6 Å². The second-order valence-electron chi connectivity index (χ2n) is 4.08. The van der Waals surface area contributed by atoms with Gasteiger partial charge in [0, 0.05) is 6.07 Å². The fourth-order valence-electron chi connectivity index (χ4n) is 1.79. The summed E-state index contributed by atoms with van der Waals surface area (Å²) in [5.41, 5.74) is 6.29. The zero-order valence-corrected chi connectivity index (χ0v) is 10.9. The van der Waals surface area contributed by atoms with Crippen LogP contribution < -0.4 is 10.5 Å². The fraction of sp³-hybridized carbons (Fsp3) is 0. The van der Waals surface area contributed by atoms with Gasteiger partial charge >= 0.3 is 0 Å². The number of ether oxygens (including phenoxy) is 1. The molecule has 2 N–H and O–H groups in total. The van der Waals surface area contributed by atoms with E-state index in [0.717, 1.165) is 0 Å². The Balaban J connectivity index is 2.07. The van der Waals surface area contributed by atoms with E-state index >= 15 is 0 Å². The van der Waals surface area contributed by atoms with Crippen molar-refractivity contribution >= 4 is 28.5 Å². The summed E-state index contributed by atoms with van der Waals surface area (Å²) in [6.07, 6.45) is 0. The molecule has 2 aromatic carbocycles. The molecule has 3 rings (SSSR count). The number of nitrogens with zero attached hydrogens (tertiary/aromatic N) is 2. The number of fused-ring (bicyclic) bond motifs is 1. The Morgan fingerprint density at radius 1 is 1.10 bits per heavy atom. The minimum Gasteiger partial charge on any atom is -0.438 e. The van der Waals surface area contributed by atoms with Crippen molar-refractivity contribution in [2.45, 2.75) is 0 Å². The van der Waals surface area contributed by atoms with E-state index in [0.29, 0.717) is 10.9 Å². The van der Waals surface area contributed by atoms with Crippen LogP contribution in [0.1, 0.15) is 0 Å². The Labute approximate surface area is 119 Å². The van der Waals surface area contributed by atoms with Gasteiger partial charge in [-0.15, -0.1) is 0 Å². The Morgan fingerprint density at radius 3 is 2.70 bits per heavy atom. The second-order valence-corrected chi connectivity index (χ2v) is 4.49. The topological polar surface area (TPSA) is 61.0 Å². The predicted molar refractivity (Wildman–Crippen MR) is 75.4 cm³/mol. The van der Waals surface area contributed by atoms with Gasteiger partial charge in [0.1, 0.15) is 11.6 Å². The zero-order chi connectivity index (χ0) is 14.1. The lowest BCUT2D eigenvalue weighted by Crippen LogP contribution is -1.98. The van der Waals surface area contributed by atoms with E-state index < -0.39 is 5.82 Å². The summed E-state index contributed by atoms with van der Waals surface area (Å²) in [6.45, 7) is 0. The summed E-state index contributed by atoms with van der Waals surface area (Å²) in [7, 11) is 0. The van der Waals surface area contributed by atoms with Gasteiger partial charge in [-0.1, -0.05) is 23.7 Å². The molecule has 0 fully saturated rings. The van der Waals surface area contributed by atoms with E-state index in [2.05, 4.69) is 9.97 Å². The molecule has 0 aliphatic heterocycles. The van der Waals surface area contributed by atoms with Gasteiger partial charge in [-0.3, -0.25) is 0 Å². The van der Waals surface area contributed by atoms with Crippen molar-refractivity contribution in [3.8, 4) is 11.6 Å². The minimum absolute atomic E-state index is 0.0319. The van der Waals surface area contributed by atoms with E-state index in [4.69, 9.17) is 22.1 Å². The molecule has 0 radical (unpaired) electrons. The average molecular weight is 290 g/mol. The number of aromatic nitrogens is 2. The van der Waals surface area contributed by atoms with Crippen molar-refractivity contribution < 1.29 is 9.13 Å². The van der Waals surface area contributed by atoms with E-state index in [1.165, 1.54) is 12.1 Å². The van der Waals surface area contributed by atoms with Crippen LogP contribution in [-0.2, 0) is 0 Å². The molecule has 0 saturated heterocycles. The number of hydrogen-bond acceptors (Lipinski definition) is 4. The third-order valence-electron chi connectivity index (χ3n) is 2.69. The normalized spacial score (nSPS) is 10.7. The third-order valence-corrected chi connectivity index (χ3v) is 3.00. The van der Waals surface area contributed by atoms with Gasteiger partial charge in [0.2, 0.25) is 11.8 Å². The molecular formula is C14H9ClFN3O. The molecule has 1 aromatic heterocycles. The molecule has 0 spiro atoms. The molecule has 0 atom stereocenters. The maximum Gasteiger partial charge on any atom is 0.231 e. The average Bonchev–Trinajstić information content (AvgIpc) is 2.43. The van der Waals surface area contributed by atoms with Crippen LogP contribution in [0, 0.1) is 5.82 Å². The first-order valence-electron chi connectivity index (χ1n) is 5.78. The number of rotatable bonds is 2. The lowest BCUT2D eigenvalue weighted by Gasteiger charge is -2.08. The second kappa shape index (κ2) is 4.94. The van der Waals surface area contributed by atoms with Gasteiger partial charge in [0.15, 0.2) is 0 Å². The van der Waals surface area contributed by atoms with Gasteiger partial charge in [-0.25, -0.2) is 9.37 Å². The Morgan fingerprint density at radius 2 is 1.90 bits per heavy atom. The number of halogens is 2. The molecule has 0 aliphatic carbocycles. The van der Waals surface area contributed by atoms with E-state index in [1.54, 1.807) is 18.2 Å². The highest BCUT2D eigenvalue weighted by Crippen LogP contribution is 2.29. The molecule has 0 aliphatic rings. The van der Waals surface area contributed by atoms with Crippen LogP contribution in [0.25, 0.3) is 10.9 Å². The van der Waals surface area contributed by atoms with Crippen molar-refractivity contribution in [2.75, 3.05) is 5.73 Å². The molecule has 4 nitrogen and oxygen atoms in total. The smallest absolute Gasteiger partial charge is 0.231 e. The maximum atomic E-state index is 13.4. The number of para-hydroxylation sites is 1. The lowest BCUT2D eigenvalue weighted by atomic mass is 10.2. The molecule has 0 saturated carbocycles. The van der Waals surface area contributed by atoms with Crippen molar-refractivity contribution in [1.29, 1.82) is 0 Å². The standard InChI is InChI=1S/C14H9ClFN3O/c15-10-6-5-8(7-11(10)16)20-13-9-3-1-2-4-12(9)18-14(17)19-13/h1-7H,(H2,17,18,19). The highest BCUT2D eigenvalue weighted by Gasteiger charge is 2.09. The molecule has 6 heteroatoms. The quantitative estimate of drug-likeness (QED) is 0.779. The molecule has 20 heavy (non-hydrogen) atoms. The zero-order valence-electron chi connectivity index (χ0n) is 10.2. The van der Waals surface area contributed by atoms with Crippen molar-refractivity contribution in [3.05, 3.63) is 53.3 Å². The largest absolute Gasteiger partial charge is 0.438 e. The highest BCUT2D eigenvalue weighted by molar-refractivity contribution is 6.30. The first kappa shape index (κ1) is 12.6. The van der Waals surface area contributed by atoms with Crippen molar-refractivity contribution in [2.24, 2.45) is 0 Å². The minimum atomic E-state index is -0.560. The summed E-state index contributed by atoms with van der Waals surface area (Å²) < 4.78 is 19.0. The number of nitrogens with two attached hydrogens (primary N) is 1. The number of benzene rings is 2. The van der Waals surface area contributed by atoms with Crippen LogP contribution in [0.15, 0.2) is 42.5 Å². The van der Waals surface area contributed by atoms with Crippen LogP contribution in [0.3, 0.4) is 0 Å². The number of anilines is 1. The maximum absolute atomic E-state index is 13.4. The molecule has 100 valence electrons. The molecule has 3 aromatic rings. The van der Waals surface area contributed by atoms with Gasteiger partial charge < -0.3 is 10.5 Å². The fourth-order valence-corrected chi connectivity index (χ4v) is 1.91. The van der Waals surface area contributed by atoms with Crippen LogP contribution in [0.2, 0.25) is 5.02 Å². The monoisotopic (exact) mass is 289 g/mol. The molecule has 1 heterocycles. The van der Waals surface area contributed by atoms with E-state index in [1.807, 2.05) is 12.1 Å². The van der Waals surface area contributed by atoms with Gasteiger partial charge in [-0.05, 0) is 24.3 Å². The predicted octanol–water partition coefficient (Wildman–Crippen LogP) is 3.80. The van der Waals surface area contributed by atoms with Crippen LogP contribution in [-0.4, -0.2) is 9.97 Å². The molecule has 0 unspecified atom stereocenters. The first-order chi connectivity index (χ1) is 9.63. The Kier molecular flexibility index (Phi) is 3.12. The first-order valence-corrected chi connectivity index (χ1v) is 6.16. The van der Waals surface area contributed by atoms with Gasteiger partial charge in [0.25, 0.3) is 0 Å². The van der Waals surface area contributed by atoms with Crippen LogP contribution >= 0.6 is 11.6 Å².